The Kier molecular flexibility index (Phi) is 6.24. The SMILES string of the molecule is CC1CCC(NC(=O)CCCC2CCOCC2)(C(=O)O)CC1. The second-order valence-corrected chi connectivity index (χ2v) is 7.07. The number of nitrogens with one attached hydrogen (secondary N) is 1. The quantitative estimate of drug-likeness (QED) is 0.791. The molecule has 5 nitrogen and oxygen atoms in total. The highest BCUT2D eigenvalue weighted by Crippen LogP contribution is 2.32. The van der Waals surface area contributed by atoms with Crippen molar-refractivity contribution in [2.24, 2.45) is 11.8 Å². The molecule has 0 aromatic carbocycles. The van der Waals surface area contributed by atoms with E-state index in [0.29, 0.717) is 31.1 Å². The molecule has 1 amide bonds. The number of carboxylic acid groups (broad SMARTS) is 1. The minimum atomic E-state index is -1.03. The van der Waals surface area contributed by atoms with Crippen LogP contribution in [0.15, 0.2) is 0 Å². The van der Waals surface area contributed by atoms with Crippen molar-refractivity contribution in [1.82, 2.24) is 5.32 Å². The molecule has 0 bridgehead atoms. The Bertz CT molecular complexity index is 382. The maximum atomic E-state index is 12.1. The molecule has 0 aromatic rings. The zero-order chi connectivity index (χ0) is 16.0. The third kappa shape index (κ3) is 4.70. The zero-order valence-corrected chi connectivity index (χ0v) is 13.6. The van der Waals surface area contributed by atoms with E-state index in [0.717, 1.165) is 51.7 Å². The van der Waals surface area contributed by atoms with Gasteiger partial charge >= 0.3 is 5.97 Å². The highest BCUT2D eigenvalue weighted by atomic mass is 16.5. The molecule has 1 aliphatic heterocycles. The normalized spacial score (nSPS) is 30.0. The predicted octanol–water partition coefficient (Wildman–Crippen LogP) is 2.73. The van der Waals surface area contributed by atoms with E-state index in [1.54, 1.807) is 0 Å². The van der Waals surface area contributed by atoms with Gasteiger partial charge in [-0.25, -0.2) is 4.79 Å². The van der Waals surface area contributed by atoms with Crippen LogP contribution in [-0.4, -0.2) is 35.7 Å². The first-order valence-electron chi connectivity index (χ1n) is 8.64. The van der Waals surface area contributed by atoms with Crippen LogP contribution in [0.3, 0.4) is 0 Å². The van der Waals surface area contributed by atoms with E-state index in [9.17, 15) is 14.7 Å². The average Bonchev–Trinajstić information content (AvgIpc) is 2.50. The van der Waals surface area contributed by atoms with Crippen LogP contribution in [0.2, 0.25) is 0 Å². The van der Waals surface area contributed by atoms with E-state index in [4.69, 9.17) is 4.74 Å². The lowest BCUT2D eigenvalue weighted by Crippen LogP contribution is -2.56. The molecule has 5 heteroatoms. The van der Waals surface area contributed by atoms with Gasteiger partial charge in [-0.3, -0.25) is 4.79 Å². The summed E-state index contributed by atoms with van der Waals surface area (Å²) in [7, 11) is 0. The van der Waals surface area contributed by atoms with Gasteiger partial charge < -0.3 is 15.2 Å². The molecular formula is C17H29NO4. The number of rotatable bonds is 6. The number of carboxylic acids is 1. The van der Waals surface area contributed by atoms with Crippen molar-refractivity contribution in [2.45, 2.75) is 70.3 Å². The zero-order valence-electron chi connectivity index (χ0n) is 13.6. The summed E-state index contributed by atoms with van der Waals surface area (Å²) in [5.41, 5.74) is -1.03. The molecule has 2 N–H and O–H groups in total. The fourth-order valence-electron chi connectivity index (χ4n) is 3.56. The van der Waals surface area contributed by atoms with Gasteiger partial charge in [0.15, 0.2) is 0 Å². The van der Waals surface area contributed by atoms with E-state index in [-0.39, 0.29) is 5.91 Å². The van der Waals surface area contributed by atoms with E-state index < -0.39 is 11.5 Å². The number of ether oxygens (including phenoxy) is 1. The van der Waals surface area contributed by atoms with Gasteiger partial charge in [-0.1, -0.05) is 6.92 Å². The molecule has 0 spiro atoms. The Labute approximate surface area is 132 Å². The molecule has 1 heterocycles. The number of hydrogen-bond donors (Lipinski definition) is 2. The van der Waals surface area contributed by atoms with Crippen LogP contribution in [0.1, 0.15) is 64.7 Å². The van der Waals surface area contributed by atoms with Crippen molar-refractivity contribution >= 4 is 11.9 Å². The number of amides is 1. The van der Waals surface area contributed by atoms with Gasteiger partial charge in [-0.2, -0.15) is 0 Å². The van der Waals surface area contributed by atoms with Gasteiger partial charge in [-0.05, 0) is 63.2 Å². The van der Waals surface area contributed by atoms with E-state index in [1.807, 2.05) is 0 Å². The molecule has 2 rings (SSSR count). The molecule has 22 heavy (non-hydrogen) atoms. The topological polar surface area (TPSA) is 75.6 Å². The summed E-state index contributed by atoms with van der Waals surface area (Å²) < 4.78 is 5.33. The monoisotopic (exact) mass is 311 g/mol. The summed E-state index contributed by atoms with van der Waals surface area (Å²) >= 11 is 0. The molecule has 0 unspecified atom stereocenters. The van der Waals surface area contributed by atoms with Crippen molar-refractivity contribution in [3.8, 4) is 0 Å². The molecule has 0 radical (unpaired) electrons. The minimum Gasteiger partial charge on any atom is -0.480 e. The third-order valence-electron chi connectivity index (χ3n) is 5.27. The van der Waals surface area contributed by atoms with Crippen molar-refractivity contribution in [2.75, 3.05) is 13.2 Å². The lowest BCUT2D eigenvalue weighted by Gasteiger charge is -2.36. The van der Waals surface area contributed by atoms with Crippen molar-refractivity contribution in [3.63, 3.8) is 0 Å². The Hall–Kier alpha value is -1.10. The van der Waals surface area contributed by atoms with Crippen LogP contribution in [0, 0.1) is 11.8 Å². The Morgan fingerprint density at radius 2 is 1.82 bits per heavy atom. The van der Waals surface area contributed by atoms with Crippen molar-refractivity contribution in [1.29, 1.82) is 0 Å². The highest BCUT2D eigenvalue weighted by molar-refractivity contribution is 5.87. The fraction of sp³-hybridized carbons (Fsp3) is 0.882. The van der Waals surface area contributed by atoms with Gasteiger partial charge in [0.1, 0.15) is 5.54 Å². The van der Waals surface area contributed by atoms with E-state index in [2.05, 4.69) is 12.2 Å². The summed E-state index contributed by atoms with van der Waals surface area (Å²) in [5.74, 6) is 0.226. The number of hydrogen-bond acceptors (Lipinski definition) is 3. The van der Waals surface area contributed by atoms with Crippen molar-refractivity contribution in [3.05, 3.63) is 0 Å². The molecular weight excluding hydrogens is 282 g/mol. The predicted molar refractivity (Wildman–Crippen MR) is 83.5 cm³/mol. The van der Waals surface area contributed by atoms with Crippen LogP contribution < -0.4 is 5.32 Å². The average molecular weight is 311 g/mol. The highest BCUT2D eigenvalue weighted by Gasteiger charge is 2.42. The molecule has 0 aromatic heterocycles. The number of carbonyl (C=O) groups excluding carboxylic acids is 1. The lowest BCUT2D eigenvalue weighted by molar-refractivity contribution is -0.149. The second kappa shape index (κ2) is 7.95. The molecule has 2 fully saturated rings. The van der Waals surface area contributed by atoms with E-state index >= 15 is 0 Å². The number of carbonyl (C=O) groups is 2. The van der Waals surface area contributed by atoms with Gasteiger partial charge in [0.05, 0.1) is 0 Å². The van der Waals surface area contributed by atoms with Crippen LogP contribution >= 0.6 is 0 Å². The molecule has 126 valence electrons. The molecule has 1 saturated heterocycles. The maximum absolute atomic E-state index is 12.1. The van der Waals surface area contributed by atoms with Gasteiger partial charge in [-0.15, -0.1) is 0 Å². The maximum Gasteiger partial charge on any atom is 0.329 e. The largest absolute Gasteiger partial charge is 0.480 e. The Balaban J connectivity index is 1.75. The standard InChI is InChI=1S/C17H29NO4/c1-13-5-9-17(10-6-13,16(20)21)18-15(19)4-2-3-14-7-11-22-12-8-14/h13-14H,2-12H2,1H3,(H,18,19)(H,20,21). The molecule has 1 aliphatic carbocycles. The molecule has 1 saturated carbocycles. The van der Waals surface area contributed by atoms with Crippen LogP contribution in [0.25, 0.3) is 0 Å². The van der Waals surface area contributed by atoms with Crippen molar-refractivity contribution < 1.29 is 19.4 Å². The fourth-order valence-corrected chi connectivity index (χ4v) is 3.56. The first kappa shape index (κ1) is 17.3. The first-order chi connectivity index (χ1) is 10.5. The summed E-state index contributed by atoms with van der Waals surface area (Å²) in [5, 5.41) is 12.4. The molecule has 2 aliphatic rings. The minimum absolute atomic E-state index is 0.107. The van der Waals surface area contributed by atoms with Gasteiger partial charge in [0.2, 0.25) is 5.91 Å². The Morgan fingerprint density at radius 1 is 1.18 bits per heavy atom. The third-order valence-corrected chi connectivity index (χ3v) is 5.27. The van der Waals surface area contributed by atoms with Gasteiger partial charge in [0, 0.05) is 19.6 Å². The summed E-state index contributed by atoms with van der Waals surface area (Å²) in [4.78, 5) is 23.8. The molecule has 0 atom stereocenters. The second-order valence-electron chi connectivity index (χ2n) is 7.07. The van der Waals surface area contributed by atoms with Crippen LogP contribution in [0.5, 0.6) is 0 Å². The van der Waals surface area contributed by atoms with Crippen LogP contribution in [-0.2, 0) is 14.3 Å². The van der Waals surface area contributed by atoms with Crippen LogP contribution in [0.4, 0.5) is 0 Å². The Morgan fingerprint density at radius 3 is 2.41 bits per heavy atom. The smallest absolute Gasteiger partial charge is 0.329 e. The first-order valence-corrected chi connectivity index (χ1v) is 8.64. The summed E-state index contributed by atoms with van der Waals surface area (Å²) in [6.45, 7) is 3.80. The summed E-state index contributed by atoms with van der Waals surface area (Å²) in [6, 6.07) is 0. The number of aliphatic carboxylic acids is 1. The van der Waals surface area contributed by atoms with E-state index in [1.165, 1.54) is 0 Å². The lowest BCUT2D eigenvalue weighted by atomic mass is 9.77. The summed E-state index contributed by atoms with van der Waals surface area (Å²) in [6.07, 6.45) is 7.31. The van der Waals surface area contributed by atoms with Gasteiger partial charge in [0.25, 0.3) is 0 Å².